The van der Waals surface area contributed by atoms with E-state index in [9.17, 15) is 0 Å². The maximum absolute atomic E-state index is 6.02. The second-order valence-corrected chi connectivity index (χ2v) is 6.86. The van der Waals surface area contributed by atoms with Crippen molar-refractivity contribution >= 4 is 0 Å². The van der Waals surface area contributed by atoms with E-state index in [1.165, 1.54) is 11.1 Å². The highest BCUT2D eigenvalue weighted by Crippen LogP contribution is 2.12. The molecule has 2 aromatic rings. The van der Waals surface area contributed by atoms with E-state index in [4.69, 9.17) is 5.73 Å². The average Bonchev–Trinajstić information content (AvgIpc) is 2.63. The van der Waals surface area contributed by atoms with Gasteiger partial charge in [-0.3, -0.25) is 4.90 Å². The summed E-state index contributed by atoms with van der Waals surface area (Å²) in [6, 6.07) is 22.0. The molecule has 0 unspecified atom stereocenters. The van der Waals surface area contributed by atoms with E-state index >= 15 is 0 Å². The third-order valence-electron chi connectivity index (χ3n) is 4.86. The first-order chi connectivity index (χ1) is 11.8. The molecular formula is C21H29N3. The zero-order valence-corrected chi connectivity index (χ0v) is 14.5. The molecule has 0 spiro atoms. The largest absolute Gasteiger partial charge is 0.328 e. The van der Waals surface area contributed by atoms with Crippen LogP contribution in [0.2, 0.25) is 0 Å². The molecule has 0 atom stereocenters. The zero-order chi connectivity index (χ0) is 16.6. The van der Waals surface area contributed by atoms with Gasteiger partial charge in [-0.05, 0) is 37.1 Å². The Balaban J connectivity index is 1.58. The number of nitrogens with two attached hydrogens (primary N) is 1. The fraction of sp³-hybridized carbons (Fsp3) is 0.429. The fourth-order valence-electron chi connectivity index (χ4n) is 3.36. The Labute approximate surface area is 146 Å². The van der Waals surface area contributed by atoms with E-state index in [1.807, 2.05) is 0 Å². The Morgan fingerprint density at radius 1 is 0.833 bits per heavy atom. The van der Waals surface area contributed by atoms with Crippen LogP contribution in [0.15, 0.2) is 60.7 Å². The molecule has 0 aliphatic carbocycles. The van der Waals surface area contributed by atoms with Gasteiger partial charge in [-0.15, -0.1) is 0 Å². The van der Waals surface area contributed by atoms with Crippen molar-refractivity contribution < 1.29 is 0 Å². The fourth-order valence-corrected chi connectivity index (χ4v) is 3.36. The third kappa shape index (κ3) is 5.45. The van der Waals surface area contributed by atoms with Crippen LogP contribution in [0, 0.1) is 0 Å². The number of benzene rings is 2. The highest BCUT2D eigenvalue weighted by molar-refractivity contribution is 5.17. The van der Waals surface area contributed by atoms with Crippen molar-refractivity contribution in [1.82, 2.24) is 9.80 Å². The molecule has 1 saturated heterocycles. The Morgan fingerprint density at radius 3 is 1.83 bits per heavy atom. The molecule has 2 N–H and O–H groups in total. The molecule has 1 heterocycles. The average molecular weight is 323 g/mol. The van der Waals surface area contributed by atoms with Crippen molar-refractivity contribution in [2.24, 2.45) is 5.73 Å². The minimum absolute atomic E-state index is 0.408. The Kier molecular flexibility index (Phi) is 6.41. The van der Waals surface area contributed by atoms with Crippen LogP contribution in [0.25, 0.3) is 0 Å². The molecule has 0 radical (unpaired) electrons. The van der Waals surface area contributed by atoms with Gasteiger partial charge < -0.3 is 10.6 Å². The molecule has 3 heteroatoms. The molecule has 128 valence electrons. The van der Waals surface area contributed by atoms with E-state index < -0.39 is 0 Å². The van der Waals surface area contributed by atoms with Gasteiger partial charge in [0.05, 0.1) is 0 Å². The molecule has 1 fully saturated rings. The monoisotopic (exact) mass is 323 g/mol. The zero-order valence-electron chi connectivity index (χ0n) is 14.5. The van der Waals surface area contributed by atoms with Crippen LogP contribution in [0.1, 0.15) is 24.0 Å². The summed E-state index contributed by atoms with van der Waals surface area (Å²) in [5, 5.41) is 0. The van der Waals surface area contributed by atoms with Crippen LogP contribution in [0.5, 0.6) is 0 Å². The van der Waals surface area contributed by atoms with Crippen LogP contribution in [0.4, 0.5) is 0 Å². The molecule has 1 aliphatic rings. The number of nitrogens with zero attached hydrogens (tertiary/aromatic N) is 2. The maximum Gasteiger partial charge on any atom is 0.0237 e. The predicted molar refractivity (Wildman–Crippen MR) is 101 cm³/mol. The van der Waals surface area contributed by atoms with Crippen molar-refractivity contribution in [3.63, 3.8) is 0 Å². The standard InChI is InChI=1S/C21H29N3/c22-21-11-13-23(14-12-21)15-16-24(17-19-7-3-1-4-8-19)18-20-9-5-2-6-10-20/h1-10,21H,11-18,22H2. The van der Waals surface area contributed by atoms with E-state index in [0.29, 0.717) is 6.04 Å². The predicted octanol–water partition coefficient (Wildman–Crippen LogP) is 3.11. The van der Waals surface area contributed by atoms with Gasteiger partial charge in [-0.2, -0.15) is 0 Å². The highest BCUT2D eigenvalue weighted by atomic mass is 15.2. The lowest BCUT2D eigenvalue weighted by Crippen LogP contribution is -2.43. The first-order valence-corrected chi connectivity index (χ1v) is 9.08. The molecule has 0 saturated carbocycles. The lowest BCUT2D eigenvalue weighted by atomic mass is 10.1. The summed E-state index contributed by atoms with van der Waals surface area (Å²) in [6.07, 6.45) is 2.27. The van der Waals surface area contributed by atoms with Gasteiger partial charge in [0, 0.05) is 32.2 Å². The second kappa shape index (κ2) is 8.97. The van der Waals surface area contributed by atoms with Crippen LogP contribution < -0.4 is 5.73 Å². The molecule has 0 aromatic heterocycles. The van der Waals surface area contributed by atoms with Crippen LogP contribution in [-0.4, -0.2) is 42.0 Å². The first-order valence-electron chi connectivity index (χ1n) is 9.08. The SMILES string of the molecule is NC1CCN(CCN(Cc2ccccc2)Cc2ccccc2)CC1. The van der Waals surface area contributed by atoms with Crippen molar-refractivity contribution in [3.05, 3.63) is 71.8 Å². The Hall–Kier alpha value is -1.68. The lowest BCUT2D eigenvalue weighted by molar-refractivity contribution is 0.166. The molecular weight excluding hydrogens is 294 g/mol. The summed E-state index contributed by atoms with van der Waals surface area (Å²) in [5.74, 6) is 0. The quantitative estimate of drug-likeness (QED) is 0.850. The number of piperidine rings is 1. The van der Waals surface area contributed by atoms with Crippen molar-refractivity contribution in [2.45, 2.75) is 32.0 Å². The van der Waals surface area contributed by atoms with Crippen molar-refractivity contribution in [1.29, 1.82) is 0 Å². The topological polar surface area (TPSA) is 32.5 Å². The van der Waals surface area contributed by atoms with Crippen molar-refractivity contribution in [3.8, 4) is 0 Å². The van der Waals surface area contributed by atoms with Gasteiger partial charge in [0.2, 0.25) is 0 Å². The van der Waals surface area contributed by atoms with E-state index in [-0.39, 0.29) is 0 Å². The Morgan fingerprint density at radius 2 is 1.33 bits per heavy atom. The second-order valence-electron chi connectivity index (χ2n) is 6.86. The highest BCUT2D eigenvalue weighted by Gasteiger charge is 2.17. The number of hydrogen-bond acceptors (Lipinski definition) is 3. The summed E-state index contributed by atoms with van der Waals surface area (Å²) in [7, 11) is 0. The normalized spacial score (nSPS) is 16.6. The van der Waals surface area contributed by atoms with Crippen LogP contribution in [-0.2, 0) is 13.1 Å². The first kappa shape index (κ1) is 17.2. The molecule has 0 amide bonds. The van der Waals surface area contributed by atoms with Gasteiger partial charge in [0.25, 0.3) is 0 Å². The van der Waals surface area contributed by atoms with Gasteiger partial charge in [0.1, 0.15) is 0 Å². The third-order valence-corrected chi connectivity index (χ3v) is 4.86. The summed E-state index contributed by atoms with van der Waals surface area (Å²) >= 11 is 0. The van der Waals surface area contributed by atoms with Crippen molar-refractivity contribution in [2.75, 3.05) is 26.2 Å². The molecule has 1 aliphatic heterocycles. The smallest absolute Gasteiger partial charge is 0.0237 e. The van der Waals surface area contributed by atoms with Gasteiger partial charge in [0.15, 0.2) is 0 Å². The molecule has 24 heavy (non-hydrogen) atoms. The number of hydrogen-bond donors (Lipinski definition) is 1. The number of rotatable bonds is 7. The van der Waals surface area contributed by atoms with Crippen LogP contribution in [0.3, 0.4) is 0 Å². The summed E-state index contributed by atoms with van der Waals surface area (Å²) < 4.78 is 0. The molecule has 3 rings (SSSR count). The van der Waals surface area contributed by atoms with E-state index in [1.54, 1.807) is 0 Å². The van der Waals surface area contributed by atoms with Gasteiger partial charge in [-0.25, -0.2) is 0 Å². The van der Waals surface area contributed by atoms with Crippen LogP contribution >= 0.6 is 0 Å². The van der Waals surface area contributed by atoms with E-state index in [0.717, 1.165) is 52.1 Å². The minimum Gasteiger partial charge on any atom is -0.328 e. The molecule has 0 bridgehead atoms. The number of likely N-dealkylation sites (tertiary alicyclic amines) is 1. The molecule has 2 aromatic carbocycles. The van der Waals surface area contributed by atoms with E-state index in [2.05, 4.69) is 70.5 Å². The summed E-state index contributed by atoms with van der Waals surface area (Å²) in [4.78, 5) is 5.12. The maximum atomic E-state index is 6.02. The van der Waals surface area contributed by atoms with Gasteiger partial charge >= 0.3 is 0 Å². The summed E-state index contributed by atoms with van der Waals surface area (Å²) in [6.45, 7) is 6.52. The lowest BCUT2D eigenvalue weighted by Gasteiger charge is -2.32. The molecule has 3 nitrogen and oxygen atoms in total. The minimum atomic E-state index is 0.408. The van der Waals surface area contributed by atoms with Gasteiger partial charge in [-0.1, -0.05) is 60.7 Å². The summed E-state index contributed by atoms with van der Waals surface area (Å²) in [5.41, 5.74) is 8.79. The Bertz CT molecular complexity index is 535.